The lowest BCUT2D eigenvalue weighted by Gasteiger charge is -2.31. The van der Waals surface area contributed by atoms with Gasteiger partial charge in [0.15, 0.2) is 5.69 Å². The van der Waals surface area contributed by atoms with Gasteiger partial charge < -0.3 is 19.3 Å². The van der Waals surface area contributed by atoms with Gasteiger partial charge in [-0.1, -0.05) is 5.16 Å². The first-order valence-corrected chi connectivity index (χ1v) is 6.14. The second-order valence-corrected chi connectivity index (χ2v) is 4.26. The Morgan fingerprint density at radius 1 is 1.67 bits per heavy atom. The van der Waals surface area contributed by atoms with Gasteiger partial charge in [0.2, 0.25) is 0 Å². The summed E-state index contributed by atoms with van der Waals surface area (Å²) in [4.78, 5) is 11.9. The van der Waals surface area contributed by atoms with Crippen molar-refractivity contribution in [1.29, 1.82) is 0 Å². The molecule has 0 radical (unpaired) electrons. The molecule has 100 valence electrons. The molecule has 2 heterocycles. The molecule has 0 bridgehead atoms. The molecule has 0 saturated carbocycles. The van der Waals surface area contributed by atoms with Gasteiger partial charge in [0.25, 0.3) is 5.91 Å². The highest BCUT2D eigenvalue weighted by atomic mass is 16.5. The third kappa shape index (κ3) is 3.08. The summed E-state index contributed by atoms with van der Waals surface area (Å²) in [7, 11) is 0. The molecular weight excluding hydrogens is 236 g/mol. The van der Waals surface area contributed by atoms with Gasteiger partial charge in [0, 0.05) is 19.3 Å². The Kier molecular flexibility index (Phi) is 4.33. The first kappa shape index (κ1) is 13.0. The number of hydrogen-bond donors (Lipinski definition) is 1. The number of aromatic nitrogens is 1. The molecule has 1 N–H and O–H groups in total. The number of nitrogens with zero attached hydrogens (tertiary/aromatic N) is 1. The van der Waals surface area contributed by atoms with Gasteiger partial charge in [-0.05, 0) is 20.3 Å². The summed E-state index contributed by atoms with van der Waals surface area (Å²) in [6.45, 7) is 5.42. The predicted octanol–water partition coefficient (Wildman–Crippen LogP) is 0.907. The molecule has 0 spiro atoms. The van der Waals surface area contributed by atoms with Crippen LogP contribution in [0.1, 0.15) is 29.6 Å². The van der Waals surface area contributed by atoms with E-state index in [9.17, 15) is 4.79 Å². The molecule has 18 heavy (non-hydrogen) atoms. The third-order valence-electron chi connectivity index (χ3n) is 2.86. The molecule has 1 fully saturated rings. The van der Waals surface area contributed by atoms with Crippen LogP contribution in [0.4, 0.5) is 0 Å². The van der Waals surface area contributed by atoms with Crippen LogP contribution < -0.4 is 5.32 Å². The Morgan fingerprint density at radius 2 is 2.50 bits per heavy atom. The lowest BCUT2D eigenvalue weighted by atomic mass is 10.1. The molecule has 1 saturated heterocycles. The smallest absolute Gasteiger partial charge is 0.273 e. The monoisotopic (exact) mass is 254 g/mol. The zero-order chi connectivity index (χ0) is 13.0. The molecule has 1 aliphatic heterocycles. The molecule has 0 unspecified atom stereocenters. The van der Waals surface area contributed by atoms with Crippen molar-refractivity contribution in [2.75, 3.05) is 19.8 Å². The van der Waals surface area contributed by atoms with Crippen molar-refractivity contribution in [3.05, 3.63) is 17.5 Å². The minimum atomic E-state index is -0.233. The number of carbonyl (C=O) groups excluding carboxylic acids is 1. The average molecular weight is 254 g/mol. The number of ether oxygens (including phenoxy) is 2. The predicted molar refractivity (Wildman–Crippen MR) is 63.3 cm³/mol. The Morgan fingerprint density at radius 3 is 3.17 bits per heavy atom. The molecule has 1 aromatic heterocycles. The maximum absolute atomic E-state index is 11.9. The summed E-state index contributed by atoms with van der Waals surface area (Å²) in [5.74, 6) is 0.386. The average Bonchev–Trinajstić information content (AvgIpc) is 2.79. The second kappa shape index (κ2) is 5.97. The molecule has 6 heteroatoms. The SMILES string of the molecule is CCO[C@@H]1COCC[C@H]1NC(=O)c1cc(C)on1. The maximum atomic E-state index is 11.9. The topological polar surface area (TPSA) is 73.6 Å². The van der Waals surface area contributed by atoms with Gasteiger partial charge in [-0.3, -0.25) is 4.79 Å². The van der Waals surface area contributed by atoms with Crippen molar-refractivity contribution >= 4 is 5.91 Å². The Balaban J connectivity index is 1.96. The fraction of sp³-hybridized carbons (Fsp3) is 0.667. The first-order chi connectivity index (χ1) is 8.70. The highest BCUT2D eigenvalue weighted by molar-refractivity contribution is 5.92. The lowest BCUT2D eigenvalue weighted by Crippen LogP contribution is -2.50. The van der Waals surface area contributed by atoms with E-state index in [1.54, 1.807) is 13.0 Å². The van der Waals surface area contributed by atoms with Crippen LogP contribution in [-0.4, -0.2) is 43.0 Å². The van der Waals surface area contributed by atoms with Crippen molar-refractivity contribution in [3.63, 3.8) is 0 Å². The number of aryl methyl sites for hydroxylation is 1. The minimum Gasteiger partial charge on any atom is -0.379 e. The maximum Gasteiger partial charge on any atom is 0.273 e. The summed E-state index contributed by atoms with van der Waals surface area (Å²) in [6, 6.07) is 1.58. The lowest BCUT2D eigenvalue weighted by molar-refractivity contribution is -0.0633. The van der Waals surface area contributed by atoms with Crippen LogP contribution >= 0.6 is 0 Å². The molecule has 2 atom stereocenters. The fourth-order valence-electron chi connectivity index (χ4n) is 1.97. The van der Waals surface area contributed by atoms with E-state index < -0.39 is 0 Å². The van der Waals surface area contributed by atoms with E-state index >= 15 is 0 Å². The molecule has 2 rings (SSSR count). The largest absolute Gasteiger partial charge is 0.379 e. The number of amides is 1. The van der Waals surface area contributed by atoms with Crippen molar-refractivity contribution < 1.29 is 18.8 Å². The molecular formula is C12H18N2O4. The highest BCUT2D eigenvalue weighted by Gasteiger charge is 2.28. The van der Waals surface area contributed by atoms with E-state index in [1.807, 2.05) is 6.92 Å². The van der Waals surface area contributed by atoms with E-state index in [4.69, 9.17) is 14.0 Å². The van der Waals surface area contributed by atoms with E-state index in [2.05, 4.69) is 10.5 Å². The number of rotatable bonds is 4. The van der Waals surface area contributed by atoms with E-state index in [0.717, 1.165) is 6.42 Å². The van der Waals surface area contributed by atoms with Crippen LogP contribution in [0.25, 0.3) is 0 Å². The Bertz CT molecular complexity index is 403. The standard InChI is InChI=1S/C12H18N2O4/c1-3-17-11-7-16-5-4-9(11)13-12(15)10-6-8(2)18-14-10/h6,9,11H,3-5,7H2,1-2H3,(H,13,15)/t9-,11-/m1/s1. The van der Waals surface area contributed by atoms with Crippen molar-refractivity contribution in [2.45, 2.75) is 32.4 Å². The molecule has 1 amide bonds. The van der Waals surface area contributed by atoms with Crippen LogP contribution in [0, 0.1) is 6.92 Å². The highest BCUT2D eigenvalue weighted by Crippen LogP contribution is 2.12. The van der Waals surface area contributed by atoms with Crippen LogP contribution in [0.5, 0.6) is 0 Å². The molecule has 6 nitrogen and oxygen atoms in total. The molecule has 0 aromatic carbocycles. The third-order valence-corrected chi connectivity index (χ3v) is 2.86. The van der Waals surface area contributed by atoms with E-state index in [-0.39, 0.29) is 18.1 Å². The normalized spacial score (nSPS) is 23.9. The Labute approximate surface area is 106 Å². The molecule has 0 aliphatic carbocycles. The van der Waals surface area contributed by atoms with E-state index in [0.29, 0.717) is 31.3 Å². The summed E-state index contributed by atoms with van der Waals surface area (Å²) >= 11 is 0. The van der Waals surface area contributed by atoms with Gasteiger partial charge >= 0.3 is 0 Å². The van der Waals surface area contributed by atoms with Crippen LogP contribution in [0.3, 0.4) is 0 Å². The minimum absolute atomic E-state index is 0.0387. The van der Waals surface area contributed by atoms with Crippen LogP contribution in [0.15, 0.2) is 10.6 Å². The molecule has 1 aromatic rings. The van der Waals surface area contributed by atoms with Gasteiger partial charge in [0.1, 0.15) is 11.9 Å². The van der Waals surface area contributed by atoms with Crippen LogP contribution in [-0.2, 0) is 9.47 Å². The Hall–Kier alpha value is -1.40. The number of hydrogen-bond acceptors (Lipinski definition) is 5. The summed E-state index contributed by atoms with van der Waals surface area (Å²) in [5.41, 5.74) is 0.300. The van der Waals surface area contributed by atoms with Gasteiger partial charge in [-0.15, -0.1) is 0 Å². The van der Waals surface area contributed by atoms with Crippen LogP contribution in [0.2, 0.25) is 0 Å². The van der Waals surface area contributed by atoms with Gasteiger partial charge in [-0.25, -0.2) is 0 Å². The number of carbonyl (C=O) groups is 1. The summed E-state index contributed by atoms with van der Waals surface area (Å²) < 4.78 is 15.8. The van der Waals surface area contributed by atoms with Crippen molar-refractivity contribution in [3.8, 4) is 0 Å². The summed E-state index contributed by atoms with van der Waals surface area (Å²) in [6.07, 6.45) is 0.647. The van der Waals surface area contributed by atoms with Crippen molar-refractivity contribution in [1.82, 2.24) is 10.5 Å². The van der Waals surface area contributed by atoms with Gasteiger partial charge in [0.05, 0.1) is 12.6 Å². The fourth-order valence-corrected chi connectivity index (χ4v) is 1.97. The number of nitrogens with one attached hydrogen (secondary N) is 1. The van der Waals surface area contributed by atoms with Gasteiger partial charge in [-0.2, -0.15) is 0 Å². The summed E-state index contributed by atoms with van der Waals surface area (Å²) in [5, 5.41) is 6.61. The van der Waals surface area contributed by atoms with E-state index in [1.165, 1.54) is 0 Å². The van der Waals surface area contributed by atoms with Crippen molar-refractivity contribution in [2.24, 2.45) is 0 Å². The quantitative estimate of drug-likeness (QED) is 0.864. The zero-order valence-electron chi connectivity index (χ0n) is 10.6. The zero-order valence-corrected chi connectivity index (χ0v) is 10.6. The first-order valence-electron chi connectivity index (χ1n) is 6.14. The second-order valence-electron chi connectivity index (χ2n) is 4.26. The molecule has 1 aliphatic rings.